The van der Waals surface area contributed by atoms with Crippen LogP contribution in [0.3, 0.4) is 0 Å². The van der Waals surface area contributed by atoms with Crippen LogP contribution >= 0.6 is 7.82 Å². The van der Waals surface area contributed by atoms with Crippen molar-refractivity contribution in [3.63, 3.8) is 0 Å². The van der Waals surface area contributed by atoms with Gasteiger partial charge in [0.2, 0.25) is 0 Å². The largest absolute Gasteiger partial charge is 0.466 e. The van der Waals surface area contributed by atoms with Crippen LogP contribution in [0.5, 0.6) is 0 Å². The summed E-state index contributed by atoms with van der Waals surface area (Å²) in [4.78, 5) is 28.9. The lowest BCUT2D eigenvalue weighted by Crippen LogP contribution is -2.06. The Hall–Kier alpha value is -0.0900. The Morgan fingerprint density at radius 1 is 0.857 bits per heavy atom. The normalized spacial score (nSPS) is 10.6. The molecule has 14 heavy (non-hydrogen) atoms. The van der Waals surface area contributed by atoms with Gasteiger partial charge >= 0.3 is 7.82 Å². The molecule has 0 bridgehead atoms. The Balaban J connectivity index is 0. The number of hydrogen-bond acceptors (Lipinski definition) is 6. The fraction of sp³-hybridized carbons (Fsp3) is 1.00. The summed E-state index contributed by atoms with van der Waals surface area (Å²) in [7, 11) is -4.64. The zero-order valence-corrected chi connectivity index (χ0v) is 8.04. The molecule has 0 aliphatic rings. The summed E-state index contributed by atoms with van der Waals surface area (Å²) in [6.45, 7) is 0.844. The summed E-state index contributed by atoms with van der Waals surface area (Å²) in [5, 5.41) is 15.5. The van der Waals surface area contributed by atoms with Gasteiger partial charge < -0.3 is 19.4 Å². The van der Waals surface area contributed by atoms with E-state index in [-0.39, 0.29) is 13.2 Å². The van der Waals surface area contributed by atoms with Gasteiger partial charge in [-0.05, 0) is 0 Å². The fourth-order valence-electron chi connectivity index (χ4n) is 0.294. The molecule has 0 unspecified atom stereocenters. The lowest BCUT2D eigenvalue weighted by Gasteiger charge is -1.98. The molecule has 0 aliphatic heterocycles. The van der Waals surface area contributed by atoms with Crippen LogP contribution < -0.4 is 0 Å². The van der Waals surface area contributed by atoms with Crippen LogP contribution in [0.2, 0.25) is 0 Å². The first-order valence-corrected chi connectivity index (χ1v) is 4.87. The van der Waals surface area contributed by atoms with Crippen molar-refractivity contribution >= 4 is 7.82 Å². The van der Waals surface area contributed by atoms with Gasteiger partial charge in [-0.1, -0.05) is 0 Å². The number of ether oxygens (including phenoxy) is 1. The van der Waals surface area contributed by atoms with E-state index in [1.54, 1.807) is 0 Å². The highest BCUT2D eigenvalue weighted by Crippen LogP contribution is 2.25. The molecule has 0 radical (unpaired) electrons. The molecular formula is C4H13O9P. The Bertz CT molecular complexity index is 129. The summed E-state index contributed by atoms with van der Waals surface area (Å²) < 4.78 is 13.6. The monoisotopic (exact) mass is 236 g/mol. The third-order valence-electron chi connectivity index (χ3n) is 0.638. The molecule has 0 aromatic carbocycles. The van der Waals surface area contributed by atoms with Gasteiger partial charge in [-0.2, -0.15) is 0 Å². The van der Waals surface area contributed by atoms with Crippen molar-refractivity contribution < 1.29 is 44.3 Å². The van der Waals surface area contributed by atoms with E-state index in [4.69, 9.17) is 34.5 Å². The van der Waals surface area contributed by atoms with E-state index in [9.17, 15) is 0 Å². The first-order valence-electron chi connectivity index (χ1n) is 3.30. The Morgan fingerprint density at radius 3 is 1.36 bits per heavy atom. The van der Waals surface area contributed by atoms with Gasteiger partial charge in [0.25, 0.3) is 0 Å². The van der Waals surface area contributed by atoms with Crippen molar-refractivity contribution in [2.45, 2.75) is 0 Å². The quantitative estimate of drug-likeness (QED) is 0.170. The van der Waals surface area contributed by atoms with Crippen LogP contribution in [0.15, 0.2) is 0 Å². The van der Waals surface area contributed by atoms with Gasteiger partial charge in [-0.25, -0.2) is 14.3 Å². The molecule has 9 nitrogen and oxygen atoms in total. The summed E-state index contributed by atoms with van der Waals surface area (Å²) >= 11 is 0. The second-order valence-electron chi connectivity index (χ2n) is 1.79. The minimum absolute atomic E-state index is 0.130. The van der Waals surface area contributed by atoms with Gasteiger partial charge in [0.1, 0.15) is 13.2 Å². The summed E-state index contributed by atoms with van der Waals surface area (Å²) in [6, 6.07) is 0. The molecule has 0 heterocycles. The molecule has 0 rings (SSSR count). The van der Waals surface area contributed by atoms with Gasteiger partial charge in [-0.3, -0.25) is 10.5 Å². The number of hydrogen-bond donors (Lipinski definition) is 5. The van der Waals surface area contributed by atoms with Crippen LogP contribution in [-0.2, 0) is 19.1 Å². The molecule has 88 valence electrons. The second kappa shape index (κ2) is 11.0. The molecule has 0 aromatic heterocycles. The fourth-order valence-corrected chi connectivity index (χ4v) is 0.294. The van der Waals surface area contributed by atoms with Gasteiger partial charge in [0.05, 0.1) is 13.2 Å². The maximum atomic E-state index is 8.88. The highest BCUT2D eigenvalue weighted by atomic mass is 31.2. The van der Waals surface area contributed by atoms with Gasteiger partial charge in [-0.15, -0.1) is 0 Å². The smallest absolute Gasteiger partial charge is 0.376 e. The van der Waals surface area contributed by atoms with Crippen LogP contribution in [-0.4, -0.2) is 51.6 Å². The molecule has 0 aliphatic carbocycles. The van der Waals surface area contributed by atoms with Gasteiger partial charge in [0, 0.05) is 0 Å². The zero-order chi connectivity index (χ0) is 11.4. The van der Waals surface area contributed by atoms with Crippen molar-refractivity contribution in [2.75, 3.05) is 26.4 Å². The van der Waals surface area contributed by atoms with Crippen LogP contribution in [0.1, 0.15) is 0 Å². The van der Waals surface area contributed by atoms with E-state index in [1.165, 1.54) is 0 Å². The maximum Gasteiger partial charge on any atom is 0.466 e. The average molecular weight is 236 g/mol. The van der Waals surface area contributed by atoms with E-state index in [2.05, 4.69) is 9.78 Å². The molecule has 5 N–H and O–H groups in total. The maximum absolute atomic E-state index is 8.88. The molecule has 0 atom stereocenters. The van der Waals surface area contributed by atoms with Crippen LogP contribution in [0.25, 0.3) is 0 Å². The molecular weight excluding hydrogens is 223 g/mol. The summed E-state index contributed by atoms with van der Waals surface area (Å²) in [5.74, 6) is 0. The molecule has 0 saturated carbocycles. The predicted octanol–water partition coefficient (Wildman–Crippen LogP) is -0.946. The third-order valence-corrected chi connectivity index (χ3v) is 0.638. The van der Waals surface area contributed by atoms with Crippen molar-refractivity contribution in [1.82, 2.24) is 0 Å². The van der Waals surface area contributed by atoms with Crippen molar-refractivity contribution in [3.05, 3.63) is 0 Å². The standard InChI is InChI=1S/C4H10O5.H3O4P/c5-8-3-1-7-2-4-9-6;1-5(2,3)4/h5-6H,1-4H2;(H3,1,2,3,4). The molecule has 0 fully saturated rings. The molecule has 0 aromatic rings. The minimum Gasteiger partial charge on any atom is -0.376 e. The molecule has 0 amide bonds. The summed E-state index contributed by atoms with van der Waals surface area (Å²) in [5.41, 5.74) is 0. The van der Waals surface area contributed by atoms with E-state index >= 15 is 0 Å². The summed E-state index contributed by atoms with van der Waals surface area (Å²) in [6.07, 6.45) is 0. The Kier molecular flexibility index (Phi) is 12.8. The van der Waals surface area contributed by atoms with E-state index in [0.717, 1.165) is 0 Å². The van der Waals surface area contributed by atoms with Crippen LogP contribution in [0, 0.1) is 0 Å². The SMILES string of the molecule is O=P(O)(O)O.OOCCOCCOO. The Morgan fingerprint density at radius 2 is 1.14 bits per heavy atom. The lowest BCUT2D eigenvalue weighted by molar-refractivity contribution is -0.260. The lowest BCUT2D eigenvalue weighted by atomic mass is 10.7. The van der Waals surface area contributed by atoms with Crippen molar-refractivity contribution in [3.8, 4) is 0 Å². The third kappa shape index (κ3) is 40.6. The van der Waals surface area contributed by atoms with Crippen LogP contribution in [0.4, 0.5) is 0 Å². The highest BCUT2D eigenvalue weighted by molar-refractivity contribution is 7.45. The molecule has 0 spiro atoms. The topological polar surface area (TPSA) is 146 Å². The number of rotatable bonds is 6. The highest BCUT2D eigenvalue weighted by Gasteiger charge is 2.00. The number of phosphoric acid groups is 1. The Labute approximate surface area is 79.6 Å². The van der Waals surface area contributed by atoms with E-state index in [1.807, 2.05) is 0 Å². The van der Waals surface area contributed by atoms with Gasteiger partial charge in [0.15, 0.2) is 0 Å². The average Bonchev–Trinajstić information content (AvgIpc) is 2.01. The predicted molar refractivity (Wildman–Crippen MR) is 42.2 cm³/mol. The zero-order valence-electron chi connectivity index (χ0n) is 7.14. The first kappa shape index (κ1) is 16.3. The van der Waals surface area contributed by atoms with Crippen molar-refractivity contribution in [2.24, 2.45) is 0 Å². The molecule has 0 saturated heterocycles. The van der Waals surface area contributed by atoms with Crippen molar-refractivity contribution in [1.29, 1.82) is 0 Å². The molecule has 10 heteroatoms. The van der Waals surface area contributed by atoms with E-state index in [0.29, 0.717) is 13.2 Å². The van der Waals surface area contributed by atoms with E-state index < -0.39 is 7.82 Å². The minimum atomic E-state index is -4.64. The second-order valence-corrected chi connectivity index (χ2v) is 2.82. The first-order chi connectivity index (χ1) is 6.41.